The summed E-state index contributed by atoms with van der Waals surface area (Å²) in [6, 6.07) is -0.316. The maximum atomic E-state index is 11.1. The minimum atomic E-state index is -0.424. The minimum Gasteiger partial charge on any atom is -0.352 e. The molecule has 0 spiro atoms. The zero-order valence-corrected chi connectivity index (χ0v) is 12.5. The van der Waals surface area contributed by atoms with Gasteiger partial charge in [0.2, 0.25) is 0 Å². The number of rotatable bonds is 3. The van der Waals surface area contributed by atoms with E-state index < -0.39 is 6.03 Å². The van der Waals surface area contributed by atoms with E-state index in [1.165, 1.54) is 12.8 Å². The molecule has 1 fully saturated rings. The number of nitrogens with one attached hydrogen (secondary N) is 1. The first kappa shape index (κ1) is 15.3. The molecule has 3 N–H and O–H groups in total. The summed E-state index contributed by atoms with van der Waals surface area (Å²) < 4.78 is 0. The number of nitrogens with two attached hydrogens (primary N) is 1. The number of urea groups is 1. The molecule has 0 bridgehead atoms. The molecule has 0 saturated carbocycles. The standard InChI is InChI=1S/C14H29N3O/c1-13(2,3)11(16-12(15)18)10-17-8-6-14(4,5)7-9-17/h11H,6-10H2,1-5H3,(H3,15,16,18). The molecule has 0 aliphatic carbocycles. The number of carbonyl (C=O) groups is 1. The van der Waals surface area contributed by atoms with Crippen LogP contribution >= 0.6 is 0 Å². The molecule has 4 nitrogen and oxygen atoms in total. The molecule has 106 valence electrons. The van der Waals surface area contributed by atoms with Crippen LogP contribution in [-0.4, -0.2) is 36.6 Å². The van der Waals surface area contributed by atoms with Crippen molar-refractivity contribution in [1.82, 2.24) is 10.2 Å². The van der Waals surface area contributed by atoms with Crippen LogP contribution in [0, 0.1) is 10.8 Å². The molecule has 1 aliphatic heterocycles. The summed E-state index contributed by atoms with van der Waals surface area (Å²) in [6.45, 7) is 14.2. The van der Waals surface area contributed by atoms with Gasteiger partial charge < -0.3 is 16.0 Å². The number of hydrogen-bond acceptors (Lipinski definition) is 2. The van der Waals surface area contributed by atoms with Gasteiger partial charge in [-0.3, -0.25) is 0 Å². The predicted octanol–water partition coefficient (Wildman–Crippen LogP) is 2.19. The third-order valence-electron chi connectivity index (χ3n) is 4.01. The highest BCUT2D eigenvalue weighted by Gasteiger charge is 2.31. The molecule has 1 saturated heterocycles. The normalized spacial score (nSPS) is 22.5. The second-order valence-corrected chi connectivity index (χ2v) is 7.39. The van der Waals surface area contributed by atoms with E-state index in [0.717, 1.165) is 19.6 Å². The van der Waals surface area contributed by atoms with Crippen molar-refractivity contribution in [2.24, 2.45) is 16.6 Å². The van der Waals surface area contributed by atoms with Crippen molar-refractivity contribution in [2.75, 3.05) is 19.6 Å². The monoisotopic (exact) mass is 255 g/mol. The third-order valence-corrected chi connectivity index (χ3v) is 4.01. The largest absolute Gasteiger partial charge is 0.352 e. The lowest BCUT2D eigenvalue weighted by Crippen LogP contribution is -2.53. The number of hydrogen-bond donors (Lipinski definition) is 2. The summed E-state index contributed by atoms with van der Waals surface area (Å²) in [5.41, 5.74) is 5.76. The Hall–Kier alpha value is -0.770. The second-order valence-electron chi connectivity index (χ2n) is 7.39. The van der Waals surface area contributed by atoms with Crippen LogP contribution in [0.25, 0.3) is 0 Å². The van der Waals surface area contributed by atoms with E-state index in [9.17, 15) is 4.79 Å². The summed E-state index contributed by atoms with van der Waals surface area (Å²) in [4.78, 5) is 13.5. The second kappa shape index (κ2) is 5.47. The molecule has 18 heavy (non-hydrogen) atoms. The average molecular weight is 255 g/mol. The first-order chi connectivity index (χ1) is 8.10. The van der Waals surface area contributed by atoms with Gasteiger partial charge in [-0.05, 0) is 36.8 Å². The predicted molar refractivity (Wildman–Crippen MR) is 75.4 cm³/mol. The van der Waals surface area contributed by atoms with Crippen molar-refractivity contribution in [3.63, 3.8) is 0 Å². The molecule has 1 unspecified atom stereocenters. The highest BCUT2D eigenvalue weighted by Crippen LogP contribution is 2.30. The molecule has 1 rings (SSSR count). The Morgan fingerprint density at radius 1 is 1.33 bits per heavy atom. The fourth-order valence-corrected chi connectivity index (χ4v) is 2.31. The highest BCUT2D eigenvalue weighted by molar-refractivity contribution is 5.72. The van der Waals surface area contributed by atoms with Gasteiger partial charge in [-0.1, -0.05) is 34.6 Å². The summed E-state index contributed by atoms with van der Waals surface area (Å²) in [7, 11) is 0. The van der Waals surface area contributed by atoms with Gasteiger partial charge in [-0.2, -0.15) is 0 Å². The molecular weight excluding hydrogens is 226 g/mol. The molecule has 1 heterocycles. The van der Waals surface area contributed by atoms with Crippen molar-refractivity contribution in [3.05, 3.63) is 0 Å². The quantitative estimate of drug-likeness (QED) is 0.812. The van der Waals surface area contributed by atoms with E-state index >= 15 is 0 Å². The lowest BCUT2D eigenvalue weighted by Gasteiger charge is -2.41. The number of piperidine rings is 1. The molecule has 2 amide bonds. The van der Waals surface area contributed by atoms with Gasteiger partial charge >= 0.3 is 6.03 Å². The van der Waals surface area contributed by atoms with Crippen LogP contribution < -0.4 is 11.1 Å². The first-order valence-corrected chi connectivity index (χ1v) is 6.88. The van der Waals surface area contributed by atoms with Gasteiger partial charge in [0, 0.05) is 12.6 Å². The average Bonchev–Trinajstić information content (AvgIpc) is 2.18. The van der Waals surface area contributed by atoms with Gasteiger partial charge in [0.15, 0.2) is 0 Å². The van der Waals surface area contributed by atoms with Crippen LogP contribution in [0.1, 0.15) is 47.5 Å². The zero-order valence-electron chi connectivity index (χ0n) is 12.5. The van der Waals surface area contributed by atoms with E-state index in [-0.39, 0.29) is 11.5 Å². The fourth-order valence-electron chi connectivity index (χ4n) is 2.31. The minimum absolute atomic E-state index is 0.0298. The van der Waals surface area contributed by atoms with Gasteiger partial charge in [0.25, 0.3) is 0 Å². The topological polar surface area (TPSA) is 58.4 Å². The van der Waals surface area contributed by atoms with Crippen LogP contribution in [0.3, 0.4) is 0 Å². The molecule has 0 aromatic heterocycles. The van der Waals surface area contributed by atoms with Gasteiger partial charge in [0.1, 0.15) is 0 Å². The van der Waals surface area contributed by atoms with E-state index in [1.807, 2.05) is 0 Å². The molecular formula is C14H29N3O. The van der Waals surface area contributed by atoms with E-state index in [0.29, 0.717) is 5.41 Å². The van der Waals surface area contributed by atoms with Crippen LogP contribution in [0.4, 0.5) is 4.79 Å². The molecule has 0 aromatic carbocycles. The van der Waals surface area contributed by atoms with Crippen LogP contribution in [0.15, 0.2) is 0 Å². The van der Waals surface area contributed by atoms with Crippen molar-refractivity contribution >= 4 is 6.03 Å². The maximum Gasteiger partial charge on any atom is 0.312 e. The van der Waals surface area contributed by atoms with Gasteiger partial charge in [-0.15, -0.1) is 0 Å². The maximum absolute atomic E-state index is 11.1. The third kappa shape index (κ3) is 4.84. The number of nitrogens with zero attached hydrogens (tertiary/aromatic N) is 1. The Morgan fingerprint density at radius 3 is 2.22 bits per heavy atom. The summed E-state index contributed by atoms with van der Waals surface area (Å²) in [5, 5.41) is 2.89. The zero-order chi connectivity index (χ0) is 14.0. The van der Waals surface area contributed by atoms with Crippen molar-refractivity contribution in [2.45, 2.75) is 53.5 Å². The Kier molecular flexibility index (Phi) is 4.65. The SMILES string of the molecule is CC1(C)CCN(CC(NC(N)=O)C(C)(C)C)CC1. The molecule has 0 radical (unpaired) electrons. The van der Waals surface area contributed by atoms with E-state index in [2.05, 4.69) is 44.8 Å². The Bertz CT molecular complexity index is 284. The van der Waals surface area contributed by atoms with Crippen molar-refractivity contribution < 1.29 is 4.79 Å². The molecule has 1 atom stereocenters. The van der Waals surface area contributed by atoms with Gasteiger partial charge in [-0.25, -0.2) is 4.79 Å². The Morgan fingerprint density at radius 2 is 1.83 bits per heavy atom. The lowest BCUT2D eigenvalue weighted by atomic mass is 9.81. The van der Waals surface area contributed by atoms with Crippen molar-refractivity contribution in [3.8, 4) is 0 Å². The number of primary amides is 1. The summed E-state index contributed by atoms with van der Waals surface area (Å²) >= 11 is 0. The highest BCUT2D eigenvalue weighted by atomic mass is 16.2. The number of likely N-dealkylation sites (tertiary alicyclic amines) is 1. The van der Waals surface area contributed by atoms with Crippen LogP contribution in [0.5, 0.6) is 0 Å². The van der Waals surface area contributed by atoms with E-state index in [1.54, 1.807) is 0 Å². The Labute approximate surface area is 111 Å². The fraction of sp³-hybridized carbons (Fsp3) is 0.929. The van der Waals surface area contributed by atoms with Crippen LogP contribution in [0.2, 0.25) is 0 Å². The summed E-state index contributed by atoms with van der Waals surface area (Å²) in [6.07, 6.45) is 2.45. The number of carbonyl (C=O) groups excluding carboxylic acids is 1. The first-order valence-electron chi connectivity index (χ1n) is 6.88. The number of amides is 2. The van der Waals surface area contributed by atoms with Gasteiger partial charge in [0.05, 0.1) is 0 Å². The Balaban J connectivity index is 2.54. The van der Waals surface area contributed by atoms with Crippen molar-refractivity contribution in [1.29, 1.82) is 0 Å². The molecule has 1 aliphatic rings. The smallest absolute Gasteiger partial charge is 0.312 e. The summed E-state index contributed by atoms with van der Waals surface area (Å²) in [5.74, 6) is 0. The lowest BCUT2D eigenvalue weighted by molar-refractivity contribution is 0.103. The van der Waals surface area contributed by atoms with Crippen LogP contribution in [-0.2, 0) is 0 Å². The van der Waals surface area contributed by atoms with E-state index in [4.69, 9.17) is 5.73 Å². The molecule has 4 heteroatoms. The molecule has 0 aromatic rings.